The van der Waals surface area contributed by atoms with Gasteiger partial charge in [-0.05, 0) is 25.1 Å². The predicted octanol–water partition coefficient (Wildman–Crippen LogP) is 3.95. The smallest absolute Gasteiger partial charge is 0.275 e. The molecule has 0 aliphatic heterocycles. The number of nitrogens with zero attached hydrogens (tertiary/aromatic N) is 4. The highest BCUT2D eigenvalue weighted by Crippen LogP contribution is 2.25. The summed E-state index contributed by atoms with van der Waals surface area (Å²) in [5.74, 6) is 0.279. The van der Waals surface area contributed by atoms with E-state index in [9.17, 15) is 4.79 Å². The molecule has 128 valence electrons. The van der Waals surface area contributed by atoms with Gasteiger partial charge in [0.25, 0.3) is 5.91 Å². The first-order valence-electron chi connectivity index (χ1n) is 8.00. The third-order valence-corrected chi connectivity index (χ3v) is 4.68. The van der Waals surface area contributed by atoms with Gasteiger partial charge in [0.15, 0.2) is 5.82 Å². The SMILES string of the molecule is Cc1ccc(-c2nc(C(=O)Nc3cccnc3-n3cccn3)cs2)cc1. The Morgan fingerprint density at radius 2 is 1.96 bits per heavy atom. The molecule has 1 aromatic carbocycles. The number of aryl methyl sites for hydroxylation is 1. The van der Waals surface area contributed by atoms with Gasteiger partial charge in [-0.15, -0.1) is 11.3 Å². The van der Waals surface area contributed by atoms with Crippen LogP contribution in [-0.4, -0.2) is 25.7 Å². The lowest BCUT2D eigenvalue weighted by molar-refractivity contribution is 0.102. The fraction of sp³-hybridized carbons (Fsp3) is 0.0526. The third kappa shape index (κ3) is 3.25. The van der Waals surface area contributed by atoms with Crippen molar-refractivity contribution in [2.75, 3.05) is 5.32 Å². The normalized spacial score (nSPS) is 10.7. The number of aromatic nitrogens is 4. The highest BCUT2D eigenvalue weighted by atomic mass is 32.1. The van der Waals surface area contributed by atoms with Gasteiger partial charge in [0.1, 0.15) is 10.7 Å². The first kappa shape index (κ1) is 16.2. The van der Waals surface area contributed by atoms with Crippen molar-refractivity contribution in [3.05, 3.63) is 77.7 Å². The van der Waals surface area contributed by atoms with E-state index in [2.05, 4.69) is 20.4 Å². The summed E-state index contributed by atoms with van der Waals surface area (Å²) in [6, 6.07) is 13.4. The summed E-state index contributed by atoms with van der Waals surface area (Å²) in [6.45, 7) is 2.04. The predicted molar refractivity (Wildman–Crippen MR) is 102 cm³/mol. The number of hydrogen-bond acceptors (Lipinski definition) is 5. The van der Waals surface area contributed by atoms with Gasteiger partial charge in [0.2, 0.25) is 0 Å². The molecule has 6 nitrogen and oxygen atoms in total. The lowest BCUT2D eigenvalue weighted by Gasteiger charge is -2.08. The maximum Gasteiger partial charge on any atom is 0.275 e. The Morgan fingerprint density at radius 1 is 1.12 bits per heavy atom. The average molecular weight is 361 g/mol. The lowest BCUT2D eigenvalue weighted by atomic mass is 10.2. The van der Waals surface area contributed by atoms with Crippen LogP contribution in [0.2, 0.25) is 0 Å². The lowest BCUT2D eigenvalue weighted by Crippen LogP contribution is -2.15. The molecule has 7 heteroatoms. The molecular formula is C19H15N5OS. The zero-order valence-corrected chi connectivity index (χ0v) is 14.8. The number of anilines is 1. The number of carbonyl (C=O) groups is 1. The number of hydrogen-bond donors (Lipinski definition) is 1. The second-order valence-corrected chi connectivity index (χ2v) is 6.54. The average Bonchev–Trinajstić information content (AvgIpc) is 3.35. The molecule has 0 radical (unpaired) electrons. The maximum atomic E-state index is 12.6. The van der Waals surface area contributed by atoms with Crippen molar-refractivity contribution in [2.45, 2.75) is 6.92 Å². The fourth-order valence-corrected chi connectivity index (χ4v) is 3.27. The van der Waals surface area contributed by atoms with Gasteiger partial charge < -0.3 is 5.32 Å². The van der Waals surface area contributed by atoms with Crippen LogP contribution in [0.3, 0.4) is 0 Å². The Kier molecular flexibility index (Phi) is 4.28. The summed E-state index contributed by atoms with van der Waals surface area (Å²) < 4.78 is 1.61. The van der Waals surface area contributed by atoms with E-state index in [-0.39, 0.29) is 5.91 Å². The number of pyridine rings is 1. The number of amides is 1. The van der Waals surface area contributed by atoms with Gasteiger partial charge in [-0.3, -0.25) is 4.79 Å². The molecule has 4 rings (SSSR count). The molecule has 3 heterocycles. The number of rotatable bonds is 4. The quantitative estimate of drug-likeness (QED) is 0.597. The first-order valence-corrected chi connectivity index (χ1v) is 8.87. The largest absolute Gasteiger partial charge is 0.317 e. The zero-order chi connectivity index (χ0) is 17.9. The summed E-state index contributed by atoms with van der Waals surface area (Å²) in [5.41, 5.74) is 3.14. The molecule has 0 fully saturated rings. The van der Waals surface area contributed by atoms with E-state index < -0.39 is 0 Å². The molecular weight excluding hydrogens is 346 g/mol. The van der Waals surface area contributed by atoms with Crippen LogP contribution in [0.25, 0.3) is 16.4 Å². The Morgan fingerprint density at radius 3 is 2.73 bits per heavy atom. The molecule has 4 aromatic rings. The Hall–Kier alpha value is -3.32. The molecule has 26 heavy (non-hydrogen) atoms. The second-order valence-electron chi connectivity index (χ2n) is 5.68. The minimum Gasteiger partial charge on any atom is -0.317 e. The van der Waals surface area contributed by atoms with Gasteiger partial charge in [-0.1, -0.05) is 29.8 Å². The molecule has 0 saturated carbocycles. The number of carbonyl (C=O) groups excluding carboxylic acids is 1. The van der Waals surface area contributed by atoms with Crippen LogP contribution in [0.4, 0.5) is 5.69 Å². The number of benzene rings is 1. The van der Waals surface area contributed by atoms with Gasteiger partial charge in [-0.25, -0.2) is 14.6 Å². The molecule has 0 unspecified atom stereocenters. The monoisotopic (exact) mass is 361 g/mol. The third-order valence-electron chi connectivity index (χ3n) is 3.79. The van der Waals surface area contributed by atoms with E-state index in [1.807, 2.05) is 31.2 Å². The molecule has 0 atom stereocenters. The van der Waals surface area contributed by atoms with Crippen LogP contribution < -0.4 is 5.32 Å². The summed E-state index contributed by atoms with van der Waals surface area (Å²) in [5, 5.41) is 9.61. The van der Waals surface area contributed by atoms with E-state index >= 15 is 0 Å². The fourth-order valence-electron chi connectivity index (χ4n) is 2.46. The Balaban J connectivity index is 1.58. The minimum atomic E-state index is -0.277. The van der Waals surface area contributed by atoms with E-state index in [1.165, 1.54) is 16.9 Å². The van der Waals surface area contributed by atoms with Crippen molar-refractivity contribution in [1.29, 1.82) is 0 Å². The molecule has 1 amide bonds. The topological polar surface area (TPSA) is 72.7 Å². The van der Waals surface area contributed by atoms with E-state index in [0.29, 0.717) is 17.2 Å². The van der Waals surface area contributed by atoms with Crippen LogP contribution in [0.5, 0.6) is 0 Å². The molecule has 1 N–H and O–H groups in total. The van der Waals surface area contributed by atoms with E-state index in [1.54, 1.807) is 46.9 Å². The standard InChI is InChI=1S/C19H15N5OS/c1-13-5-7-14(8-6-13)19-23-16(12-26-19)18(25)22-15-4-2-9-20-17(15)24-11-3-10-21-24/h2-12H,1H3,(H,22,25). The van der Waals surface area contributed by atoms with Crippen molar-refractivity contribution in [2.24, 2.45) is 0 Å². The van der Waals surface area contributed by atoms with Gasteiger partial charge >= 0.3 is 0 Å². The maximum absolute atomic E-state index is 12.6. The van der Waals surface area contributed by atoms with Crippen LogP contribution >= 0.6 is 11.3 Å². The Labute approximate surface area is 154 Å². The summed E-state index contributed by atoms with van der Waals surface area (Å²) in [7, 11) is 0. The highest BCUT2D eigenvalue weighted by Gasteiger charge is 2.15. The summed E-state index contributed by atoms with van der Waals surface area (Å²) in [4.78, 5) is 21.4. The van der Waals surface area contributed by atoms with Gasteiger partial charge in [-0.2, -0.15) is 5.10 Å². The van der Waals surface area contributed by atoms with Crippen molar-refractivity contribution >= 4 is 22.9 Å². The molecule has 0 saturated heterocycles. The molecule has 0 aliphatic carbocycles. The van der Waals surface area contributed by atoms with E-state index in [0.717, 1.165) is 10.6 Å². The molecule has 0 bridgehead atoms. The molecule has 0 aliphatic rings. The van der Waals surface area contributed by atoms with Crippen LogP contribution in [-0.2, 0) is 0 Å². The number of nitrogens with one attached hydrogen (secondary N) is 1. The Bertz CT molecular complexity index is 1040. The highest BCUT2D eigenvalue weighted by molar-refractivity contribution is 7.13. The summed E-state index contributed by atoms with van der Waals surface area (Å²) in [6.07, 6.45) is 5.09. The molecule has 3 aromatic heterocycles. The van der Waals surface area contributed by atoms with Crippen LogP contribution in [0.1, 0.15) is 16.1 Å². The van der Waals surface area contributed by atoms with Crippen molar-refractivity contribution < 1.29 is 4.79 Å². The van der Waals surface area contributed by atoms with E-state index in [4.69, 9.17) is 0 Å². The second kappa shape index (κ2) is 6.89. The van der Waals surface area contributed by atoms with Crippen molar-refractivity contribution in [3.63, 3.8) is 0 Å². The minimum absolute atomic E-state index is 0.277. The molecule has 0 spiro atoms. The van der Waals surface area contributed by atoms with Crippen LogP contribution in [0.15, 0.2) is 66.4 Å². The van der Waals surface area contributed by atoms with Crippen LogP contribution in [0, 0.1) is 6.92 Å². The van der Waals surface area contributed by atoms with Crippen molar-refractivity contribution in [1.82, 2.24) is 19.7 Å². The van der Waals surface area contributed by atoms with Gasteiger partial charge in [0, 0.05) is 29.5 Å². The summed E-state index contributed by atoms with van der Waals surface area (Å²) >= 11 is 1.44. The van der Waals surface area contributed by atoms with Crippen molar-refractivity contribution in [3.8, 4) is 16.4 Å². The zero-order valence-electron chi connectivity index (χ0n) is 14.0. The van der Waals surface area contributed by atoms with Gasteiger partial charge in [0.05, 0.1) is 5.69 Å². The first-order chi connectivity index (χ1) is 12.7. The number of thiazole rings is 1.